The van der Waals surface area contributed by atoms with Crippen LogP contribution in [0.5, 0.6) is 0 Å². The third kappa shape index (κ3) is 3.45. The number of amides is 3. The lowest BCUT2D eigenvalue weighted by atomic mass is 10.1. The van der Waals surface area contributed by atoms with E-state index < -0.39 is 0 Å². The summed E-state index contributed by atoms with van der Waals surface area (Å²) in [6.45, 7) is 5.52. The molecule has 3 heterocycles. The van der Waals surface area contributed by atoms with E-state index in [0.717, 1.165) is 17.8 Å². The molecule has 2 aliphatic rings. The monoisotopic (exact) mass is 349 g/mol. The van der Waals surface area contributed by atoms with E-state index in [4.69, 9.17) is 0 Å². The molecule has 2 saturated heterocycles. The third-order valence-electron chi connectivity index (χ3n) is 4.67. The van der Waals surface area contributed by atoms with E-state index in [1.54, 1.807) is 9.80 Å². The van der Waals surface area contributed by atoms with Crippen LogP contribution in [0.2, 0.25) is 0 Å². The van der Waals surface area contributed by atoms with Crippen LogP contribution >= 0.6 is 11.3 Å². The highest BCUT2D eigenvalue weighted by Gasteiger charge is 2.37. The van der Waals surface area contributed by atoms with E-state index in [1.165, 1.54) is 11.3 Å². The van der Waals surface area contributed by atoms with Gasteiger partial charge in [0.2, 0.25) is 11.8 Å². The van der Waals surface area contributed by atoms with Crippen molar-refractivity contribution in [1.29, 1.82) is 0 Å². The van der Waals surface area contributed by atoms with Crippen molar-refractivity contribution >= 4 is 29.1 Å². The van der Waals surface area contributed by atoms with E-state index >= 15 is 0 Å². The second-order valence-electron chi connectivity index (χ2n) is 6.34. The van der Waals surface area contributed by atoms with Crippen LogP contribution < -0.4 is 0 Å². The summed E-state index contributed by atoms with van der Waals surface area (Å²) in [7, 11) is 0. The first kappa shape index (κ1) is 17.0. The van der Waals surface area contributed by atoms with Gasteiger partial charge in [-0.3, -0.25) is 14.4 Å². The molecule has 0 bridgehead atoms. The predicted molar refractivity (Wildman–Crippen MR) is 91.8 cm³/mol. The van der Waals surface area contributed by atoms with Gasteiger partial charge in [0.05, 0.1) is 10.8 Å². The minimum absolute atomic E-state index is 0.0438. The van der Waals surface area contributed by atoms with Gasteiger partial charge in [-0.15, -0.1) is 11.3 Å². The molecule has 7 heteroatoms. The Morgan fingerprint density at radius 1 is 1.21 bits per heavy atom. The van der Waals surface area contributed by atoms with Crippen LogP contribution in [0.1, 0.15) is 29.4 Å². The van der Waals surface area contributed by atoms with Gasteiger partial charge in [0.25, 0.3) is 5.91 Å². The molecule has 2 fully saturated rings. The largest absolute Gasteiger partial charge is 0.342 e. The Balaban J connectivity index is 1.52. The van der Waals surface area contributed by atoms with Crippen molar-refractivity contribution in [2.24, 2.45) is 5.92 Å². The number of thiophene rings is 1. The minimum Gasteiger partial charge on any atom is -0.342 e. The fraction of sp³-hybridized carbons (Fsp3) is 0.588. The van der Waals surface area contributed by atoms with Crippen molar-refractivity contribution in [1.82, 2.24) is 14.7 Å². The van der Waals surface area contributed by atoms with Crippen LogP contribution in [-0.2, 0) is 9.59 Å². The molecule has 1 aromatic heterocycles. The summed E-state index contributed by atoms with van der Waals surface area (Å²) in [6.07, 6.45) is 1.24. The number of carbonyl (C=O) groups is 3. The van der Waals surface area contributed by atoms with E-state index in [-0.39, 0.29) is 23.6 Å². The van der Waals surface area contributed by atoms with Gasteiger partial charge in [-0.2, -0.15) is 0 Å². The molecule has 6 nitrogen and oxygen atoms in total. The number of hydrogen-bond acceptors (Lipinski definition) is 4. The molecule has 0 aliphatic carbocycles. The zero-order valence-electron chi connectivity index (χ0n) is 13.9. The molecule has 130 valence electrons. The zero-order chi connectivity index (χ0) is 17.1. The molecule has 0 saturated carbocycles. The number of hydrogen-bond donors (Lipinski definition) is 0. The van der Waals surface area contributed by atoms with Crippen molar-refractivity contribution in [2.75, 3.05) is 39.3 Å². The Hall–Kier alpha value is -1.89. The van der Waals surface area contributed by atoms with Crippen LogP contribution in [0.25, 0.3) is 0 Å². The normalized spacial score (nSPS) is 21.5. The molecule has 1 atom stereocenters. The van der Waals surface area contributed by atoms with E-state index in [9.17, 15) is 14.4 Å². The number of piperazine rings is 1. The Morgan fingerprint density at radius 2 is 1.92 bits per heavy atom. The molecular weight excluding hydrogens is 326 g/mol. The summed E-state index contributed by atoms with van der Waals surface area (Å²) in [5.74, 6) is -0.0299. The molecule has 0 N–H and O–H groups in total. The molecule has 1 aromatic rings. The van der Waals surface area contributed by atoms with Gasteiger partial charge in [-0.05, 0) is 17.9 Å². The lowest BCUT2D eigenvalue weighted by molar-refractivity contribution is -0.137. The maximum atomic E-state index is 12.6. The highest BCUT2D eigenvalue weighted by molar-refractivity contribution is 7.12. The summed E-state index contributed by atoms with van der Waals surface area (Å²) in [5.41, 5.74) is 0. The SMILES string of the molecule is CCCN1CC(C(=O)N2CCN(C(=O)c3cccs3)CC2)CC1=O. The van der Waals surface area contributed by atoms with E-state index in [1.807, 2.05) is 29.3 Å². The second-order valence-corrected chi connectivity index (χ2v) is 7.28. The van der Waals surface area contributed by atoms with Crippen molar-refractivity contribution in [2.45, 2.75) is 19.8 Å². The number of carbonyl (C=O) groups excluding carboxylic acids is 3. The van der Waals surface area contributed by atoms with Crippen LogP contribution in [0, 0.1) is 5.92 Å². The lowest BCUT2D eigenvalue weighted by Gasteiger charge is -2.35. The number of rotatable bonds is 4. The Morgan fingerprint density at radius 3 is 2.54 bits per heavy atom. The van der Waals surface area contributed by atoms with Crippen LogP contribution in [0.15, 0.2) is 17.5 Å². The highest BCUT2D eigenvalue weighted by atomic mass is 32.1. The van der Waals surface area contributed by atoms with Crippen molar-refractivity contribution in [3.63, 3.8) is 0 Å². The van der Waals surface area contributed by atoms with Gasteiger partial charge >= 0.3 is 0 Å². The molecule has 24 heavy (non-hydrogen) atoms. The molecule has 2 aliphatic heterocycles. The molecule has 3 amide bonds. The van der Waals surface area contributed by atoms with Gasteiger partial charge in [0, 0.05) is 45.7 Å². The lowest BCUT2D eigenvalue weighted by Crippen LogP contribution is -2.52. The topological polar surface area (TPSA) is 60.9 Å². The van der Waals surface area contributed by atoms with Gasteiger partial charge < -0.3 is 14.7 Å². The highest BCUT2D eigenvalue weighted by Crippen LogP contribution is 2.21. The maximum Gasteiger partial charge on any atom is 0.264 e. The average molecular weight is 349 g/mol. The molecule has 0 radical (unpaired) electrons. The van der Waals surface area contributed by atoms with Crippen molar-refractivity contribution in [3.05, 3.63) is 22.4 Å². The first-order chi connectivity index (χ1) is 11.6. The molecule has 3 rings (SSSR count). The van der Waals surface area contributed by atoms with Gasteiger partial charge in [-0.25, -0.2) is 0 Å². The fourth-order valence-electron chi connectivity index (χ4n) is 3.37. The summed E-state index contributed by atoms with van der Waals surface area (Å²) in [5, 5.41) is 1.90. The van der Waals surface area contributed by atoms with Crippen molar-refractivity contribution in [3.8, 4) is 0 Å². The van der Waals surface area contributed by atoms with E-state index in [2.05, 4.69) is 0 Å². The maximum absolute atomic E-state index is 12.6. The van der Waals surface area contributed by atoms with Crippen LogP contribution in [0.3, 0.4) is 0 Å². The Kier molecular flexibility index (Phi) is 5.18. The quantitative estimate of drug-likeness (QED) is 0.823. The molecule has 1 unspecified atom stereocenters. The van der Waals surface area contributed by atoms with Gasteiger partial charge in [0.15, 0.2) is 0 Å². The molecule has 0 aromatic carbocycles. The molecular formula is C17H23N3O3S. The number of likely N-dealkylation sites (tertiary alicyclic amines) is 1. The Bertz CT molecular complexity index is 609. The first-order valence-electron chi connectivity index (χ1n) is 8.49. The van der Waals surface area contributed by atoms with Crippen molar-refractivity contribution < 1.29 is 14.4 Å². The summed E-state index contributed by atoms with van der Waals surface area (Å²) in [6, 6.07) is 3.70. The second kappa shape index (κ2) is 7.34. The summed E-state index contributed by atoms with van der Waals surface area (Å²) >= 11 is 1.44. The first-order valence-corrected chi connectivity index (χ1v) is 9.37. The minimum atomic E-state index is -0.219. The third-order valence-corrected chi connectivity index (χ3v) is 5.53. The van der Waals surface area contributed by atoms with Crippen LogP contribution in [-0.4, -0.2) is 71.7 Å². The van der Waals surface area contributed by atoms with E-state index in [0.29, 0.717) is 39.1 Å². The average Bonchev–Trinajstić information content (AvgIpc) is 3.25. The predicted octanol–water partition coefficient (Wildman–Crippen LogP) is 1.29. The van der Waals surface area contributed by atoms with Crippen LogP contribution in [0.4, 0.5) is 0 Å². The zero-order valence-corrected chi connectivity index (χ0v) is 14.8. The fourth-order valence-corrected chi connectivity index (χ4v) is 4.06. The Labute approximate surface area is 146 Å². The summed E-state index contributed by atoms with van der Waals surface area (Å²) < 4.78 is 0. The summed E-state index contributed by atoms with van der Waals surface area (Å²) in [4.78, 5) is 43.1. The van der Waals surface area contributed by atoms with Gasteiger partial charge in [-0.1, -0.05) is 13.0 Å². The molecule has 0 spiro atoms. The smallest absolute Gasteiger partial charge is 0.264 e. The standard InChI is InChI=1S/C17H23N3O3S/c1-2-5-20-12-13(11-15(20)21)16(22)18-6-8-19(9-7-18)17(23)14-4-3-10-24-14/h3-4,10,13H,2,5-9,11-12H2,1H3. The number of nitrogens with zero attached hydrogens (tertiary/aromatic N) is 3. The van der Waals surface area contributed by atoms with Gasteiger partial charge in [0.1, 0.15) is 0 Å².